The molecule has 0 bridgehead atoms. The lowest BCUT2D eigenvalue weighted by atomic mass is 10.1. The summed E-state index contributed by atoms with van der Waals surface area (Å²) >= 11 is 0. The van der Waals surface area contributed by atoms with Crippen LogP contribution in [0.5, 0.6) is 5.75 Å². The molecule has 0 atom stereocenters. The summed E-state index contributed by atoms with van der Waals surface area (Å²) < 4.78 is 9.78. The number of anilines is 1. The summed E-state index contributed by atoms with van der Waals surface area (Å²) in [6.07, 6.45) is 0.242. The van der Waals surface area contributed by atoms with Crippen LogP contribution in [0.25, 0.3) is 0 Å². The first-order valence-electron chi connectivity index (χ1n) is 7.15. The Bertz CT molecular complexity index is 707. The molecule has 0 aliphatic carbocycles. The van der Waals surface area contributed by atoms with Crippen LogP contribution >= 0.6 is 0 Å². The molecule has 0 saturated heterocycles. The highest BCUT2D eigenvalue weighted by molar-refractivity contribution is 5.96. The molecular formula is C18H19NO4. The van der Waals surface area contributed by atoms with Gasteiger partial charge in [0.2, 0.25) is 5.91 Å². The number of amides is 1. The van der Waals surface area contributed by atoms with Crippen LogP contribution in [0, 0.1) is 6.92 Å². The van der Waals surface area contributed by atoms with E-state index in [9.17, 15) is 9.59 Å². The Balaban J connectivity index is 2.08. The quantitative estimate of drug-likeness (QED) is 0.862. The Morgan fingerprint density at radius 1 is 1.04 bits per heavy atom. The number of carbonyl (C=O) groups excluding carboxylic acids is 2. The minimum Gasteiger partial charge on any atom is -0.497 e. The predicted molar refractivity (Wildman–Crippen MR) is 87.8 cm³/mol. The van der Waals surface area contributed by atoms with Crippen molar-refractivity contribution in [2.75, 3.05) is 19.5 Å². The standard InChI is InChI=1S/C18H19NO4/c1-12-4-7-14(18(21)23-3)11-16(12)19-17(20)10-13-5-8-15(22-2)9-6-13/h4-9,11H,10H2,1-3H3,(H,19,20). The number of benzene rings is 2. The minimum absolute atomic E-state index is 0.153. The van der Waals surface area contributed by atoms with Gasteiger partial charge in [0.05, 0.1) is 26.2 Å². The maximum absolute atomic E-state index is 12.2. The second kappa shape index (κ2) is 7.45. The van der Waals surface area contributed by atoms with Crippen molar-refractivity contribution >= 4 is 17.6 Å². The molecule has 0 saturated carbocycles. The summed E-state index contributed by atoms with van der Waals surface area (Å²) in [7, 11) is 2.92. The Hall–Kier alpha value is -2.82. The van der Waals surface area contributed by atoms with Crippen molar-refractivity contribution in [3.63, 3.8) is 0 Å². The van der Waals surface area contributed by atoms with Crippen molar-refractivity contribution < 1.29 is 19.1 Å². The van der Waals surface area contributed by atoms with Crippen molar-refractivity contribution in [3.8, 4) is 5.75 Å². The number of ether oxygens (including phenoxy) is 2. The molecule has 0 radical (unpaired) electrons. The molecule has 2 aromatic rings. The van der Waals surface area contributed by atoms with Crippen molar-refractivity contribution in [2.24, 2.45) is 0 Å². The first-order chi connectivity index (χ1) is 11.0. The molecule has 0 aliphatic rings. The molecular weight excluding hydrogens is 294 g/mol. The van der Waals surface area contributed by atoms with E-state index in [1.807, 2.05) is 31.2 Å². The number of hydrogen-bond donors (Lipinski definition) is 1. The topological polar surface area (TPSA) is 64.6 Å². The molecule has 2 rings (SSSR count). The van der Waals surface area contributed by atoms with E-state index in [-0.39, 0.29) is 12.3 Å². The van der Waals surface area contributed by atoms with Crippen molar-refractivity contribution in [2.45, 2.75) is 13.3 Å². The SMILES string of the molecule is COC(=O)c1ccc(C)c(NC(=O)Cc2ccc(OC)cc2)c1. The minimum atomic E-state index is -0.435. The van der Waals surface area contributed by atoms with Gasteiger partial charge in [-0.1, -0.05) is 18.2 Å². The van der Waals surface area contributed by atoms with Gasteiger partial charge in [0, 0.05) is 5.69 Å². The van der Waals surface area contributed by atoms with E-state index in [0.717, 1.165) is 16.9 Å². The number of nitrogens with one attached hydrogen (secondary N) is 1. The van der Waals surface area contributed by atoms with Crippen molar-refractivity contribution in [3.05, 3.63) is 59.2 Å². The number of rotatable bonds is 5. The van der Waals surface area contributed by atoms with E-state index in [1.54, 1.807) is 25.3 Å². The summed E-state index contributed by atoms with van der Waals surface area (Å²) in [5, 5.41) is 2.83. The summed E-state index contributed by atoms with van der Waals surface area (Å²) in [5.41, 5.74) is 2.76. The van der Waals surface area contributed by atoms with E-state index in [2.05, 4.69) is 5.32 Å². The van der Waals surface area contributed by atoms with Gasteiger partial charge in [0.25, 0.3) is 0 Å². The van der Waals surface area contributed by atoms with Crippen LogP contribution in [0.15, 0.2) is 42.5 Å². The second-order valence-corrected chi connectivity index (χ2v) is 5.09. The van der Waals surface area contributed by atoms with E-state index in [4.69, 9.17) is 9.47 Å². The van der Waals surface area contributed by atoms with Crippen LogP contribution in [-0.2, 0) is 16.0 Å². The Kier molecular flexibility index (Phi) is 5.36. The monoisotopic (exact) mass is 313 g/mol. The van der Waals surface area contributed by atoms with Gasteiger partial charge >= 0.3 is 5.97 Å². The van der Waals surface area contributed by atoms with Crippen molar-refractivity contribution in [1.82, 2.24) is 0 Å². The molecule has 2 aromatic carbocycles. The average Bonchev–Trinajstić information content (AvgIpc) is 2.56. The lowest BCUT2D eigenvalue weighted by Crippen LogP contribution is -2.15. The van der Waals surface area contributed by atoms with Crippen LogP contribution < -0.4 is 10.1 Å². The lowest BCUT2D eigenvalue weighted by Gasteiger charge is -2.10. The summed E-state index contributed by atoms with van der Waals surface area (Å²) in [6.45, 7) is 1.87. The summed E-state index contributed by atoms with van der Waals surface area (Å²) in [4.78, 5) is 23.7. The third kappa shape index (κ3) is 4.32. The fourth-order valence-corrected chi connectivity index (χ4v) is 2.12. The summed E-state index contributed by atoms with van der Waals surface area (Å²) in [6, 6.07) is 12.4. The number of hydrogen-bond acceptors (Lipinski definition) is 4. The Morgan fingerprint density at radius 2 is 1.74 bits per heavy atom. The molecule has 0 fully saturated rings. The lowest BCUT2D eigenvalue weighted by molar-refractivity contribution is -0.115. The Labute approximate surface area is 135 Å². The molecule has 120 valence electrons. The van der Waals surface area contributed by atoms with Crippen molar-refractivity contribution in [1.29, 1.82) is 0 Å². The van der Waals surface area contributed by atoms with Crippen LogP contribution in [0.2, 0.25) is 0 Å². The van der Waals surface area contributed by atoms with Gasteiger partial charge in [-0.2, -0.15) is 0 Å². The normalized spacial score (nSPS) is 10.0. The molecule has 0 heterocycles. The van der Waals surface area contributed by atoms with E-state index in [1.165, 1.54) is 7.11 Å². The number of methoxy groups -OCH3 is 2. The van der Waals surface area contributed by atoms with Gasteiger partial charge in [-0.15, -0.1) is 0 Å². The highest BCUT2D eigenvalue weighted by Crippen LogP contribution is 2.18. The molecule has 23 heavy (non-hydrogen) atoms. The highest BCUT2D eigenvalue weighted by Gasteiger charge is 2.11. The number of carbonyl (C=O) groups is 2. The molecule has 0 unspecified atom stereocenters. The second-order valence-electron chi connectivity index (χ2n) is 5.09. The van der Waals surface area contributed by atoms with Gasteiger partial charge < -0.3 is 14.8 Å². The maximum Gasteiger partial charge on any atom is 0.337 e. The van der Waals surface area contributed by atoms with E-state index in [0.29, 0.717) is 11.3 Å². The molecule has 0 aromatic heterocycles. The van der Waals surface area contributed by atoms with Gasteiger partial charge in [0.15, 0.2) is 0 Å². The maximum atomic E-state index is 12.2. The number of esters is 1. The summed E-state index contributed by atoms with van der Waals surface area (Å²) in [5.74, 6) is 0.159. The largest absolute Gasteiger partial charge is 0.497 e. The van der Waals surface area contributed by atoms with Crippen LogP contribution in [0.4, 0.5) is 5.69 Å². The van der Waals surface area contributed by atoms with E-state index < -0.39 is 5.97 Å². The molecule has 0 spiro atoms. The first kappa shape index (κ1) is 16.5. The van der Waals surface area contributed by atoms with Gasteiger partial charge in [-0.25, -0.2) is 4.79 Å². The highest BCUT2D eigenvalue weighted by atomic mass is 16.5. The fraction of sp³-hybridized carbons (Fsp3) is 0.222. The zero-order valence-corrected chi connectivity index (χ0v) is 13.4. The zero-order chi connectivity index (χ0) is 16.8. The third-order valence-corrected chi connectivity index (χ3v) is 3.46. The average molecular weight is 313 g/mol. The Morgan fingerprint density at radius 3 is 2.35 bits per heavy atom. The molecule has 1 N–H and O–H groups in total. The van der Waals surface area contributed by atoms with Gasteiger partial charge in [-0.3, -0.25) is 4.79 Å². The fourth-order valence-electron chi connectivity index (χ4n) is 2.12. The van der Waals surface area contributed by atoms with E-state index >= 15 is 0 Å². The molecule has 5 heteroatoms. The molecule has 0 aliphatic heterocycles. The predicted octanol–water partition coefficient (Wildman–Crippen LogP) is 2.97. The zero-order valence-electron chi connectivity index (χ0n) is 13.4. The van der Waals surface area contributed by atoms with Crippen LogP contribution in [-0.4, -0.2) is 26.1 Å². The van der Waals surface area contributed by atoms with Crippen LogP contribution in [0.1, 0.15) is 21.5 Å². The van der Waals surface area contributed by atoms with Gasteiger partial charge in [-0.05, 0) is 42.3 Å². The number of aryl methyl sites for hydroxylation is 1. The first-order valence-corrected chi connectivity index (χ1v) is 7.15. The smallest absolute Gasteiger partial charge is 0.337 e. The van der Waals surface area contributed by atoms with Gasteiger partial charge in [0.1, 0.15) is 5.75 Å². The van der Waals surface area contributed by atoms with Crippen LogP contribution in [0.3, 0.4) is 0 Å². The molecule has 5 nitrogen and oxygen atoms in total. The molecule has 1 amide bonds. The third-order valence-electron chi connectivity index (χ3n) is 3.46.